The summed E-state index contributed by atoms with van der Waals surface area (Å²) in [5.74, 6) is -0.973. The number of carbonyl (C=O) groups is 1. The third-order valence-corrected chi connectivity index (χ3v) is 2.45. The first-order valence-corrected chi connectivity index (χ1v) is 5.06. The Kier molecular flexibility index (Phi) is 4.24. The number of benzene rings is 1. The minimum Gasteiger partial charge on any atom is -0.294 e. The van der Waals surface area contributed by atoms with Crippen molar-refractivity contribution in [3.63, 3.8) is 0 Å². The molecule has 0 saturated heterocycles. The van der Waals surface area contributed by atoms with Crippen LogP contribution >= 0.6 is 0 Å². The van der Waals surface area contributed by atoms with Crippen LogP contribution in [0.4, 0.5) is 0 Å². The van der Waals surface area contributed by atoms with E-state index >= 15 is 0 Å². The molecule has 0 amide bonds. The monoisotopic (exact) mass is 212 g/mol. The van der Waals surface area contributed by atoms with Crippen LogP contribution in [0, 0.1) is 34.5 Å². The molecule has 1 rings (SSSR count). The lowest BCUT2D eigenvalue weighted by Crippen LogP contribution is -2.13. The van der Waals surface area contributed by atoms with Crippen molar-refractivity contribution < 1.29 is 4.79 Å². The lowest BCUT2D eigenvalue weighted by atomic mass is 9.90. The third-order valence-electron chi connectivity index (χ3n) is 2.45. The Morgan fingerprint density at radius 1 is 1.25 bits per heavy atom. The van der Waals surface area contributed by atoms with Crippen molar-refractivity contribution in [3.05, 3.63) is 35.9 Å². The van der Waals surface area contributed by atoms with Crippen LogP contribution in [0.5, 0.6) is 0 Å². The van der Waals surface area contributed by atoms with Crippen LogP contribution in [0.25, 0.3) is 0 Å². The van der Waals surface area contributed by atoms with Crippen molar-refractivity contribution >= 4 is 5.78 Å². The van der Waals surface area contributed by atoms with Gasteiger partial charge in [0.05, 0.1) is 12.1 Å². The number of rotatable bonds is 4. The molecule has 80 valence electrons. The lowest BCUT2D eigenvalue weighted by Gasteiger charge is -2.10. The summed E-state index contributed by atoms with van der Waals surface area (Å²) in [7, 11) is 0. The first-order valence-electron chi connectivity index (χ1n) is 5.06. The molecule has 0 aliphatic rings. The fourth-order valence-electron chi connectivity index (χ4n) is 1.44. The van der Waals surface area contributed by atoms with Gasteiger partial charge < -0.3 is 0 Å². The standard InChI is InChI=1S/C13H12N2O/c1-10(12(8-14)9-15)7-13(16)11-5-3-2-4-6-11/h2-6,10,12H,7H2,1H3. The Morgan fingerprint density at radius 2 is 1.81 bits per heavy atom. The number of carbonyl (C=O) groups excluding carboxylic acids is 1. The molecule has 0 saturated carbocycles. The van der Waals surface area contributed by atoms with E-state index in [1.165, 1.54) is 0 Å². The Morgan fingerprint density at radius 3 is 2.31 bits per heavy atom. The molecule has 0 radical (unpaired) electrons. The van der Waals surface area contributed by atoms with E-state index in [0.717, 1.165) is 0 Å². The largest absolute Gasteiger partial charge is 0.294 e. The van der Waals surface area contributed by atoms with E-state index in [1.54, 1.807) is 31.2 Å². The third kappa shape index (κ3) is 2.93. The molecule has 1 aromatic carbocycles. The molecule has 0 aromatic heterocycles. The second-order valence-corrected chi connectivity index (χ2v) is 3.71. The predicted octanol–water partition coefficient (Wildman–Crippen LogP) is 2.56. The zero-order chi connectivity index (χ0) is 12.0. The van der Waals surface area contributed by atoms with E-state index in [2.05, 4.69) is 0 Å². The quantitative estimate of drug-likeness (QED) is 0.720. The van der Waals surface area contributed by atoms with E-state index in [1.807, 2.05) is 18.2 Å². The van der Waals surface area contributed by atoms with Crippen molar-refractivity contribution in [3.8, 4) is 12.1 Å². The van der Waals surface area contributed by atoms with Gasteiger partial charge in [-0.1, -0.05) is 37.3 Å². The maximum absolute atomic E-state index is 11.8. The molecule has 3 nitrogen and oxygen atoms in total. The van der Waals surface area contributed by atoms with E-state index in [4.69, 9.17) is 10.5 Å². The van der Waals surface area contributed by atoms with Gasteiger partial charge in [0.25, 0.3) is 0 Å². The molecule has 0 bridgehead atoms. The van der Waals surface area contributed by atoms with Crippen molar-refractivity contribution in [2.24, 2.45) is 11.8 Å². The summed E-state index contributed by atoms with van der Waals surface area (Å²) in [5, 5.41) is 17.4. The van der Waals surface area contributed by atoms with Crippen LogP contribution in [0.15, 0.2) is 30.3 Å². The zero-order valence-electron chi connectivity index (χ0n) is 9.05. The minimum absolute atomic E-state index is 0.0244. The van der Waals surface area contributed by atoms with Crippen LogP contribution in [-0.2, 0) is 0 Å². The van der Waals surface area contributed by atoms with Crippen LogP contribution in [0.3, 0.4) is 0 Å². The predicted molar refractivity (Wildman–Crippen MR) is 59.3 cm³/mol. The van der Waals surface area contributed by atoms with Gasteiger partial charge in [-0.2, -0.15) is 10.5 Å². The van der Waals surface area contributed by atoms with Gasteiger partial charge in [0.1, 0.15) is 5.92 Å². The molecular formula is C13H12N2O. The number of nitriles is 2. The summed E-state index contributed by atoms with van der Waals surface area (Å²) in [6.45, 7) is 1.75. The second kappa shape index (κ2) is 5.68. The number of Topliss-reactive ketones (excluding diaryl/α,β-unsaturated/α-hetero) is 1. The Labute approximate surface area is 94.9 Å². The maximum atomic E-state index is 11.8. The van der Waals surface area contributed by atoms with Crippen molar-refractivity contribution in [2.45, 2.75) is 13.3 Å². The number of hydrogen-bond donors (Lipinski definition) is 0. The fourth-order valence-corrected chi connectivity index (χ4v) is 1.44. The molecule has 0 heterocycles. The number of nitrogens with zero attached hydrogens (tertiary/aromatic N) is 2. The molecule has 1 atom stereocenters. The number of hydrogen-bond acceptors (Lipinski definition) is 3. The Bertz CT molecular complexity index is 425. The Hall–Kier alpha value is -2.13. The van der Waals surface area contributed by atoms with Crippen molar-refractivity contribution in [2.75, 3.05) is 0 Å². The summed E-state index contributed by atoms with van der Waals surface area (Å²) in [6, 6.07) is 12.7. The highest BCUT2D eigenvalue weighted by molar-refractivity contribution is 5.96. The van der Waals surface area contributed by atoms with Crippen LogP contribution in [0.1, 0.15) is 23.7 Å². The summed E-state index contributed by atoms with van der Waals surface area (Å²) < 4.78 is 0. The first-order chi connectivity index (χ1) is 7.69. The second-order valence-electron chi connectivity index (χ2n) is 3.71. The highest BCUT2D eigenvalue weighted by atomic mass is 16.1. The maximum Gasteiger partial charge on any atom is 0.163 e. The molecular weight excluding hydrogens is 200 g/mol. The highest BCUT2D eigenvalue weighted by Crippen LogP contribution is 2.17. The van der Waals surface area contributed by atoms with E-state index < -0.39 is 5.92 Å². The zero-order valence-corrected chi connectivity index (χ0v) is 9.05. The van der Waals surface area contributed by atoms with E-state index in [-0.39, 0.29) is 18.1 Å². The average Bonchev–Trinajstić information content (AvgIpc) is 2.31. The highest BCUT2D eigenvalue weighted by Gasteiger charge is 2.19. The van der Waals surface area contributed by atoms with E-state index in [9.17, 15) is 4.79 Å². The molecule has 3 heteroatoms. The topological polar surface area (TPSA) is 64.7 Å². The summed E-state index contributed by atoms with van der Waals surface area (Å²) >= 11 is 0. The van der Waals surface area contributed by atoms with Gasteiger partial charge in [0.15, 0.2) is 5.78 Å². The Balaban J connectivity index is 2.67. The molecule has 0 fully saturated rings. The smallest absolute Gasteiger partial charge is 0.163 e. The SMILES string of the molecule is CC(CC(=O)c1ccccc1)C(C#N)C#N. The molecule has 16 heavy (non-hydrogen) atoms. The van der Waals surface area contributed by atoms with Gasteiger partial charge in [-0.05, 0) is 5.92 Å². The molecule has 1 aromatic rings. The molecule has 0 aliphatic heterocycles. The van der Waals surface area contributed by atoms with Crippen LogP contribution in [0.2, 0.25) is 0 Å². The van der Waals surface area contributed by atoms with Crippen molar-refractivity contribution in [1.82, 2.24) is 0 Å². The van der Waals surface area contributed by atoms with Gasteiger partial charge in [-0.15, -0.1) is 0 Å². The van der Waals surface area contributed by atoms with Gasteiger partial charge >= 0.3 is 0 Å². The molecule has 0 spiro atoms. The molecule has 1 unspecified atom stereocenters. The van der Waals surface area contributed by atoms with E-state index in [0.29, 0.717) is 5.56 Å². The lowest BCUT2D eigenvalue weighted by molar-refractivity contribution is 0.0960. The van der Waals surface area contributed by atoms with Gasteiger partial charge in [0.2, 0.25) is 0 Å². The van der Waals surface area contributed by atoms with Gasteiger partial charge in [-0.3, -0.25) is 4.79 Å². The van der Waals surface area contributed by atoms with Gasteiger partial charge in [-0.25, -0.2) is 0 Å². The van der Waals surface area contributed by atoms with Gasteiger partial charge in [0, 0.05) is 12.0 Å². The van der Waals surface area contributed by atoms with Crippen molar-refractivity contribution in [1.29, 1.82) is 10.5 Å². The fraction of sp³-hybridized carbons (Fsp3) is 0.308. The molecule has 0 aliphatic carbocycles. The minimum atomic E-state index is -0.715. The molecule has 0 N–H and O–H groups in total. The first kappa shape index (κ1) is 11.9. The summed E-state index contributed by atoms with van der Waals surface area (Å²) in [5.41, 5.74) is 0.629. The average molecular weight is 212 g/mol. The van der Waals surface area contributed by atoms with Crippen LogP contribution < -0.4 is 0 Å². The number of ketones is 1. The van der Waals surface area contributed by atoms with Crippen LogP contribution in [-0.4, -0.2) is 5.78 Å². The summed E-state index contributed by atoms with van der Waals surface area (Å²) in [4.78, 5) is 11.8. The summed E-state index contributed by atoms with van der Waals surface area (Å²) in [6.07, 6.45) is 0.232. The normalized spacial score (nSPS) is 11.5.